The molecule has 0 radical (unpaired) electrons. The Kier molecular flexibility index (Phi) is 5.39. The van der Waals surface area contributed by atoms with E-state index in [1.165, 1.54) is 0 Å². The molecule has 0 saturated heterocycles. The molecular formula is C20H19NO2S. The first-order valence-corrected chi connectivity index (χ1v) is 9.04. The van der Waals surface area contributed by atoms with Gasteiger partial charge >= 0.3 is 0 Å². The third-order valence-corrected chi connectivity index (χ3v) is 4.54. The molecule has 1 amide bonds. The summed E-state index contributed by atoms with van der Waals surface area (Å²) in [6.45, 7) is 0.895. The van der Waals surface area contributed by atoms with Crippen LogP contribution >= 0.6 is 11.8 Å². The molecule has 3 aromatic rings. The van der Waals surface area contributed by atoms with E-state index < -0.39 is 0 Å². The molecule has 0 heterocycles. The van der Waals surface area contributed by atoms with Crippen molar-refractivity contribution in [2.45, 2.75) is 4.90 Å². The van der Waals surface area contributed by atoms with Gasteiger partial charge in [-0.15, -0.1) is 11.8 Å². The lowest BCUT2D eigenvalue weighted by molar-refractivity contribution is 0.0944. The monoisotopic (exact) mass is 337 g/mol. The minimum Gasteiger partial charge on any atom is -0.491 e. The molecule has 3 nitrogen and oxygen atoms in total. The van der Waals surface area contributed by atoms with Gasteiger partial charge in [-0.1, -0.05) is 48.5 Å². The van der Waals surface area contributed by atoms with Crippen LogP contribution in [-0.4, -0.2) is 25.3 Å². The number of hydrogen-bond donors (Lipinski definition) is 1. The lowest BCUT2D eigenvalue weighted by Crippen LogP contribution is -2.28. The summed E-state index contributed by atoms with van der Waals surface area (Å²) in [5, 5.41) is 5.14. The average Bonchev–Trinajstić information content (AvgIpc) is 2.65. The number of rotatable bonds is 6. The SMILES string of the molecule is CSc1ccccc1C(=O)NCCOc1cccc2ccccc12. The molecule has 4 heteroatoms. The highest BCUT2D eigenvalue weighted by atomic mass is 32.2. The summed E-state index contributed by atoms with van der Waals surface area (Å²) in [4.78, 5) is 13.2. The van der Waals surface area contributed by atoms with Crippen LogP contribution < -0.4 is 10.1 Å². The lowest BCUT2D eigenvalue weighted by Gasteiger charge is -2.11. The largest absolute Gasteiger partial charge is 0.491 e. The van der Waals surface area contributed by atoms with Crippen molar-refractivity contribution in [3.8, 4) is 5.75 Å². The van der Waals surface area contributed by atoms with Crippen LogP contribution in [0.25, 0.3) is 10.8 Å². The van der Waals surface area contributed by atoms with Crippen molar-refractivity contribution < 1.29 is 9.53 Å². The van der Waals surface area contributed by atoms with Crippen molar-refractivity contribution in [1.82, 2.24) is 5.32 Å². The summed E-state index contributed by atoms with van der Waals surface area (Å²) in [5.41, 5.74) is 0.704. The second-order valence-electron chi connectivity index (χ2n) is 5.28. The molecule has 0 spiro atoms. The highest BCUT2D eigenvalue weighted by Gasteiger charge is 2.09. The highest BCUT2D eigenvalue weighted by molar-refractivity contribution is 7.98. The van der Waals surface area contributed by atoms with Crippen molar-refractivity contribution in [3.05, 3.63) is 72.3 Å². The van der Waals surface area contributed by atoms with Crippen LogP contribution in [0, 0.1) is 0 Å². The number of hydrogen-bond acceptors (Lipinski definition) is 3. The van der Waals surface area contributed by atoms with Crippen LogP contribution in [0.5, 0.6) is 5.75 Å². The zero-order valence-electron chi connectivity index (χ0n) is 13.5. The van der Waals surface area contributed by atoms with E-state index in [0.29, 0.717) is 18.7 Å². The summed E-state index contributed by atoms with van der Waals surface area (Å²) in [5.74, 6) is 0.772. The van der Waals surface area contributed by atoms with Gasteiger partial charge in [0.2, 0.25) is 0 Å². The van der Waals surface area contributed by atoms with Gasteiger partial charge in [-0.3, -0.25) is 4.79 Å². The molecule has 0 unspecified atom stereocenters. The van der Waals surface area contributed by atoms with Gasteiger partial charge in [0.25, 0.3) is 5.91 Å². The standard InChI is InChI=1S/C20H19NO2S/c1-24-19-12-5-4-10-17(19)20(22)21-13-14-23-18-11-6-8-15-7-2-3-9-16(15)18/h2-12H,13-14H2,1H3,(H,21,22). The number of thioether (sulfide) groups is 1. The molecule has 0 aromatic heterocycles. The fourth-order valence-corrected chi connectivity index (χ4v) is 3.17. The maximum Gasteiger partial charge on any atom is 0.252 e. The predicted molar refractivity (Wildman–Crippen MR) is 100.0 cm³/mol. The number of carbonyl (C=O) groups is 1. The molecule has 122 valence electrons. The van der Waals surface area contributed by atoms with Crippen molar-refractivity contribution in [1.29, 1.82) is 0 Å². The van der Waals surface area contributed by atoms with Gasteiger partial charge < -0.3 is 10.1 Å². The van der Waals surface area contributed by atoms with Crippen LogP contribution in [0.15, 0.2) is 71.6 Å². The van der Waals surface area contributed by atoms with Crippen LogP contribution in [0.4, 0.5) is 0 Å². The Morgan fingerprint density at radius 3 is 2.62 bits per heavy atom. The molecule has 0 aliphatic carbocycles. The van der Waals surface area contributed by atoms with Gasteiger partial charge in [-0.05, 0) is 29.8 Å². The minimum absolute atomic E-state index is 0.0681. The zero-order chi connectivity index (χ0) is 16.8. The molecule has 0 aliphatic heterocycles. The van der Waals surface area contributed by atoms with Gasteiger partial charge in [0.1, 0.15) is 12.4 Å². The summed E-state index contributed by atoms with van der Waals surface area (Å²) < 4.78 is 5.84. The van der Waals surface area contributed by atoms with Gasteiger partial charge in [0.15, 0.2) is 0 Å². The number of fused-ring (bicyclic) bond motifs is 1. The Balaban J connectivity index is 1.58. The molecule has 3 aromatic carbocycles. The molecule has 0 saturated carbocycles. The summed E-state index contributed by atoms with van der Waals surface area (Å²) >= 11 is 1.57. The Bertz CT molecular complexity index is 842. The lowest BCUT2D eigenvalue weighted by atomic mass is 10.1. The fourth-order valence-electron chi connectivity index (χ4n) is 2.57. The van der Waals surface area contributed by atoms with E-state index in [-0.39, 0.29) is 5.91 Å². The van der Waals surface area contributed by atoms with E-state index in [0.717, 1.165) is 21.4 Å². The molecule has 0 atom stereocenters. The average molecular weight is 337 g/mol. The summed E-state index contributed by atoms with van der Waals surface area (Å²) in [7, 11) is 0. The molecule has 3 rings (SSSR count). The van der Waals surface area contributed by atoms with Gasteiger partial charge in [-0.2, -0.15) is 0 Å². The number of nitrogens with one attached hydrogen (secondary N) is 1. The second-order valence-corrected chi connectivity index (χ2v) is 6.13. The Hall–Kier alpha value is -2.46. The van der Waals surface area contributed by atoms with Gasteiger partial charge in [-0.25, -0.2) is 0 Å². The molecule has 1 N–H and O–H groups in total. The Morgan fingerprint density at radius 1 is 1.00 bits per heavy atom. The normalized spacial score (nSPS) is 10.5. The number of benzene rings is 3. The summed E-state index contributed by atoms with van der Waals surface area (Å²) in [6, 6.07) is 21.7. The first kappa shape index (κ1) is 16.4. The van der Waals surface area contributed by atoms with Crippen molar-refractivity contribution in [2.24, 2.45) is 0 Å². The molecule has 0 fully saturated rings. The smallest absolute Gasteiger partial charge is 0.252 e. The Morgan fingerprint density at radius 2 is 1.75 bits per heavy atom. The number of carbonyl (C=O) groups excluding carboxylic acids is 1. The molecule has 0 aliphatic rings. The van der Waals surface area contributed by atoms with Gasteiger partial charge in [0, 0.05) is 10.3 Å². The summed E-state index contributed by atoms with van der Waals surface area (Å²) in [6.07, 6.45) is 1.97. The fraction of sp³-hybridized carbons (Fsp3) is 0.150. The van der Waals surface area contributed by atoms with Crippen LogP contribution in [0.2, 0.25) is 0 Å². The van der Waals surface area contributed by atoms with E-state index in [2.05, 4.69) is 17.4 Å². The van der Waals surface area contributed by atoms with Crippen molar-refractivity contribution >= 4 is 28.4 Å². The topological polar surface area (TPSA) is 38.3 Å². The van der Waals surface area contributed by atoms with Crippen molar-refractivity contribution in [2.75, 3.05) is 19.4 Å². The van der Waals surface area contributed by atoms with E-state index >= 15 is 0 Å². The number of ether oxygens (including phenoxy) is 1. The third kappa shape index (κ3) is 3.71. The van der Waals surface area contributed by atoms with E-state index in [9.17, 15) is 4.79 Å². The minimum atomic E-state index is -0.0681. The third-order valence-electron chi connectivity index (χ3n) is 3.75. The zero-order valence-corrected chi connectivity index (χ0v) is 14.3. The van der Waals surface area contributed by atoms with Crippen LogP contribution in [0.3, 0.4) is 0 Å². The quantitative estimate of drug-likeness (QED) is 0.536. The maximum atomic E-state index is 12.3. The molecular weight excluding hydrogens is 318 g/mol. The van der Waals surface area contributed by atoms with Crippen LogP contribution in [0.1, 0.15) is 10.4 Å². The first-order chi connectivity index (χ1) is 11.8. The van der Waals surface area contributed by atoms with E-state index in [1.807, 2.05) is 60.9 Å². The molecule has 0 bridgehead atoms. The first-order valence-electron chi connectivity index (χ1n) is 7.81. The maximum absolute atomic E-state index is 12.3. The number of amides is 1. The van der Waals surface area contributed by atoms with Gasteiger partial charge in [0.05, 0.1) is 12.1 Å². The van der Waals surface area contributed by atoms with E-state index in [1.54, 1.807) is 11.8 Å². The van der Waals surface area contributed by atoms with E-state index in [4.69, 9.17) is 4.74 Å². The highest BCUT2D eigenvalue weighted by Crippen LogP contribution is 2.25. The van der Waals surface area contributed by atoms with Crippen LogP contribution in [-0.2, 0) is 0 Å². The second kappa shape index (κ2) is 7.88. The van der Waals surface area contributed by atoms with Crippen molar-refractivity contribution in [3.63, 3.8) is 0 Å². The Labute approximate surface area is 146 Å². The predicted octanol–water partition coefficient (Wildman–Crippen LogP) is 4.37. The molecule has 24 heavy (non-hydrogen) atoms.